The molecular formula is C12H21N3O. The fourth-order valence-corrected chi connectivity index (χ4v) is 2.34. The minimum absolute atomic E-state index is 0.697. The molecule has 0 amide bonds. The molecule has 0 aliphatic carbocycles. The number of aryl methyl sites for hydroxylation is 1. The summed E-state index contributed by atoms with van der Waals surface area (Å²) in [4.78, 5) is 6.78. The standard InChI is InChI=1S/C12H21N3O/c1-3-15(11-4-6-13-7-5-11)8-12-10(2)16-9-14-12/h9,11,13H,3-8H2,1-2H3. The summed E-state index contributed by atoms with van der Waals surface area (Å²) >= 11 is 0. The van der Waals surface area contributed by atoms with Gasteiger partial charge in [-0.05, 0) is 39.4 Å². The number of rotatable bonds is 4. The quantitative estimate of drug-likeness (QED) is 0.841. The Bertz CT molecular complexity index is 318. The van der Waals surface area contributed by atoms with Gasteiger partial charge in [-0.25, -0.2) is 4.98 Å². The molecule has 90 valence electrons. The SMILES string of the molecule is CCN(Cc1ncoc1C)C1CCNCC1. The monoisotopic (exact) mass is 223 g/mol. The molecule has 4 nitrogen and oxygen atoms in total. The molecule has 16 heavy (non-hydrogen) atoms. The number of piperidine rings is 1. The molecule has 2 heterocycles. The van der Waals surface area contributed by atoms with Gasteiger partial charge in [0.1, 0.15) is 5.76 Å². The Morgan fingerprint density at radius 3 is 2.81 bits per heavy atom. The number of hydrogen-bond donors (Lipinski definition) is 1. The van der Waals surface area contributed by atoms with Crippen molar-refractivity contribution in [1.29, 1.82) is 0 Å². The Morgan fingerprint density at radius 1 is 1.50 bits per heavy atom. The summed E-state index contributed by atoms with van der Waals surface area (Å²) in [5, 5.41) is 3.40. The van der Waals surface area contributed by atoms with Crippen molar-refractivity contribution in [2.75, 3.05) is 19.6 Å². The number of aromatic nitrogens is 1. The summed E-state index contributed by atoms with van der Waals surface area (Å²) in [6.07, 6.45) is 4.02. The van der Waals surface area contributed by atoms with E-state index in [-0.39, 0.29) is 0 Å². The molecule has 0 bridgehead atoms. The molecule has 0 radical (unpaired) electrons. The predicted molar refractivity (Wildman–Crippen MR) is 63.2 cm³/mol. The molecule has 0 unspecified atom stereocenters. The van der Waals surface area contributed by atoms with Gasteiger partial charge in [0.2, 0.25) is 0 Å². The topological polar surface area (TPSA) is 41.3 Å². The summed E-state index contributed by atoms with van der Waals surface area (Å²) in [6.45, 7) is 8.48. The number of hydrogen-bond acceptors (Lipinski definition) is 4. The summed E-state index contributed by atoms with van der Waals surface area (Å²) in [6, 6.07) is 0.697. The summed E-state index contributed by atoms with van der Waals surface area (Å²) in [5.41, 5.74) is 1.08. The maximum atomic E-state index is 5.25. The van der Waals surface area contributed by atoms with Crippen molar-refractivity contribution in [3.05, 3.63) is 17.8 Å². The zero-order valence-corrected chi connectivity index (χ0v) is 10.2. The van der Waals surface area contributed by atoms with Gasteiger partial charge in [-0.2, -0.15) is 0 Å². The van der Waals surface area contributed by atoms with E-state index in [0.717, 1.165) is 37.6 Å². The highest BCUT2D eigenvalue weighted by molar-refractivity contribution is 5.04. The Hall–Kier alpha value is -0.870. The van der Waals surface area contributed by atoms with Crippen molar-refractivity contribution >= 4 is 0 Å². The van der Waals surface area contributed by atoms with Crippen molar-refractivity contribution in [2.45, 2.75) is 39.3 Å². The molecule has 1 aromatic heterocycles. The number of nitrogens with zero attached hydrogens (tertiary/aromatic N) is 2. The second-order valence-corrected chi connectivity index (χ2v) is 4.40. The van der Waals surface area contributed by atoms with E-state index in [0.29, 0.717) is 6.04 Å². The summed E-state index contributed by atoms with van der Waals surface area (Å²) in [7, 11) is 0. The highest BCUT2D eigenvalue weighted by atomic mass is 16.3. The molecule has 1 aromatic rings. The van der Waals surface area contributed by atoms with E-state index >= 15 is 0 Å². The third-order valence-corrected chi connectivity index (χ3v) is 3.43. The van der Waals surface area contributed by atoms with E-state index in [2.05, 4.69) is 22.1 Å². The normalized spacial score (nSPS) is 18.2. The van der Waals surface area contributed by atoms with Crippen LogP contribution in [0.5, 0.6) is 0 Å². The molecule has 1 N–H and O–H groups in total. The van der Waals surface area contributed by atoms with Crippen LogP contribution in [-0.4, -0.2) is 35.6 Å². The molecule has 0 spiro atoms. The van der Waals surface area contributed by atoms with Crippen LogP contribution in [0.3, 0.4) is 0 Å². The first-order chi connectivity index (χ1) is 7.81. The maximum Gasteiger partial charge on any atom is 0.181 e. The fraction of sp³-hybridized carbons (Fsp3) is 0.750. The van der Waals surface area contributed by atoms with Crippen LogP contribution in [0.1, 0.15) is 31.2 Å². The largest absolute Gasteiger partial charge is 0.448 e. The molecule has 1 saturated heterocycles. The summed E-state index contributed by atoms with van der Waals surface area (Å²) in [5.74, 6) is 0.951. The van der Waals surface area contributed by atoms with Crippen molar-refractivity contribution in [2.24, 2.45) is 0 Å². The van der Waals surface area contributed by atoms with Crippen molar-refractivity contribution in [3.8, 4) is 0 Å². The Morgan fingerprint density at radius 2 is 2.25 bits per heavy atom. The van der Waals surface area contributed by atoms with Gasteiger partial charge in [0.05, 0.1) is 5.69 Å². The van der Waals surface area contributed by atoms with Gasteiger partial charge < -0.3 is 9.73 Å². The van der Waals surface area contributed by atoms with Crippen LogP contribution in [0.2, 0.25) is 0 Å². The lowest BCUT2D eigenvalue weighted by Crippen LogP contribution is -2.42. The van der Waals surface area contributed by atoms with E-state index < -0.39 is 0 Å². The van der Waals surface area contributed by atoms with Crippen LogP contribution in [0.4, 0.5) is 0 Å². The third-order valence-electron chi connectivity index (χ3n) is 3.43. The fourth-order valence-electron chi connectivity index (χ4n) is 2.34. The first-order valence-corrected chi connectivity index (χ1v) is 6.15. The van der Waals surface area contributed by atoms with Crippen molar-refractivity contribution < 1.29 is 4.42 Å². The summed E-state index contributed by atoms with van der Waals surface area (Å²) < 4.78 is 5.25. The molecule has 1 fully saturated rings. The van der Waals surface area contributed by atoms with Crippen LogP contribution in [0.25, 0.3) is 0 Å². The van der Waals surface area contributed by atoms with Crippen LogP contribution in [0.15, 0.2) is 10.8 Å². The van der Waals surface area contributed by atoms with E-state index in [4.69, 9.17) is 4.42 Å². The third kappa shape index (κ3) is 2.62. The molecule has 1 aliphatic heterocycles. The van der Waals surface area contributed by atoms with E-state index in [1.165, 1.54) is 12.8 Å². The minimum atomic E-state index is 0.697. The zero-order valence-electron chi connectivity index (χ0n) is 10.2. The lowest BCUT2D eigenvalue weighted by atomic mass is 10.0. The predicted octanol–water partition coefficient (Wildman–Crippen LogP) is 1.56. The molecule has 0 aromatic carbocycles. The molecule has 0 saturated carbocycles. The molecule has 1 aliphatic rings. The lowest BCUT2D eigenvalue weighted by molar-refractivity contribution is 0.160. The van der Waals surface area contributed by atoms with Gasteiger partial charge in [-0.1, -0.05) is 6.92 Å². The van der Waals surface area contributed by atoms with Crippen LogP contribution >= 0.6 is 0 Å². The lowest BCUT2D eigenvalue weighted by Gasteiger charge is -2.33. The highest BCUT2D eigenvalue weighted by Crippen LogP contribution is 2.16. The average Bonchev–Trinajstić information content (AvgIpc) is 2.73. The van der Waals surface area contributed by atoms with E-state index in [9.17, 15) is 0 Å². The molecule has 4 heteroatoms. The van der Waals surface area contributed by atoms with E-state index in [1.54, 1.807) is 6.39 Å². The molecular weight excluding hydrogens is 202 g/mol. The van der Waals surface area contributed by atoms with Gasteiger partial charge in [0.15, 0.2) is 6.39 Å². The van der Waals surface area contributed by atoms with Crippen LogP contribution < -0.4 is 5.32 Å². The van der Waals surface area contributed by atoms with Gasteiger partial charge in [0, 0.05) is 12.6 Å². The number of nitrogens with one attached hydrogen (secondary N) is 1. The van der Waals surface area contributed by atoms with Crippen LogP contribution in [0, 0.1) is 6.92 Å². The second-order valence-electron chi connectivity index (χ2n) is 4.40. The first-order valence-electron chi connectivity index (χ1n) is 6.15. The van der Waals surface area contributed by atoms with Gasteiger partial charge in [-0.3, -0.25) is 4.90 Å². The average molecular weight is 223 g/mol. The molecule has 2 rings (SSSR count). The van der Waals surface area contributed by atoms with E-state index in [1.807, 2.05) is 6.92 Å². The Labute approximate surface area is 97.0 Å². The maximum absolute atomic E-state index is 5.25. The highest BCUT2D eigenvalue weighted by Gasteiger charge is 2.21. The Kier molecular flexibility index (Phi) is 3.96. The van der Waals surface area contributed by atoms with Gasteiger partial charge >= 0.3 is 0 Å². The number of oxazole rings is 1. The minimum Gasteiger partial charge on any atom is -0.448 e. The van der Waals surface area contributed by atoms with Crippen molar-refractivity contribution in [1.82, 2.24) is 15.2 Å². The Balaban J connectivity index is 1.97. The van der Waals surface area contributed by atoms with Gasteiger partial charge in [0.25, 0.3) is 0 Å². The van der Waals surface area contributed by atoms with Crippen molar-refractivity contribution in [3.63, 3.8) is 0 Å². The molecule has 0 atom stereocenters. The first kappa shape index (κ1) is 11.6. The second kappa shape index (κ2) is 5.46. The zero-order chi connectivity index (χ0) is 11.4. The smallest absolute Gasteiger partial charge is 0.181 e. The van der Waals surface area contributed by atoms with Crippen LogP contribution in [-0.2, 0) is 6.54 Å². The van der Waals surface area contributed by atoms with Gasteiger partial charge in [-0.15, -0.1) is 0 Å².